The maximum absolute atomic E-state index is 12.8. The van der Waals surface area contributed by atoms with Crippen LogP contribution in [0.2, 0.25) is 0 Å². The van der Waals surface area contributed by atoms with Gasteiger partial charge in [0.25, 0.3) is 0 Å². The molecule has 2 rings (SSSR count). The highest BCUT2D eigenvalue weighted by atomic mass is 35.5. The van der Waals surface area contributed by atoms with Gasteiger partial charge >= 0.3 is 11.9 Å². The number of aliphatic hydroxyl groups is 1. The number of allylic oxidation sites excluding steroid dienone is 1. The van der Waals surface area contributed by atoms with Gasteiger partial charge in [-0.3, -0.25) is 14.4 Å². The highest BCUT2D eigenvalue weighted by molar-refractivity contribution is 6.44. The fourth-order valence-corrected chi connectivity index (χ4v) is 4.77. The van der Waals surface area contributed by atoms with Crippen molar-refractivity contribution < 1.29 is 38.8 Å². The summed E-state index contributed by atoms with van der Waals surface area (Å²) in [6.07, 6.45) is 3.79. The van der Waals surface area contributed by atoms with Crippen molar-refractivity contribution in [2.45, 2.75) is 70.0 Å². The summed E-state index contributed by atoms with van der Waals surface area (Å²) in [4.78, 5) is 35.5. The van der Waals surface area contributed by atoms with Crippen molar-refractivity contribution in [3.63, 3.8) is 0 Å². The summed E-state index contributed by atoms with van der Waals surface area (Å²) >= 11 is 6.17. The van der Waals surface area contributed by atoms with E-state index in [0.717, 1.165) is 5.56 Å². The molecule has 8 nitrogen and oxygen atoms in total. The van der Waals surface area contributed by atoms with Gasteiger partial charge in [-0.1, -0.05) is 30.5 Å². The average molecular weight is 497 g/mol. The van der Waals surface area contributed by atoms with Crippen molar-refractivity contribution in [3.05, 3.63) is 34.9 Å². The molecule has 0 spiro atoms. The highest BCUT2D eigenvalue weighted by Crippen LogP contribution is 2.43. The number of esters is 1. The molecule has 3 unspecified atom stereocenters. The third-order valence-electron chi connectivity index (χ3n) is 6.01. The molecule has 0 saturated carbocycles. The van der Waals surface area contributed by atoms with Crippen molar-refractivity contribution in [2.24, 2.45) is 5.92 Å². The van der Waals surface area contributed by atoms with Crippen LogP contribution >= 0.6 is 11.6 Å². The molecule has 1 aromatic rings. The number of carboxylic acids is 1. The number of unbranched alkanes of at least 4 members (excludes halogenated alkanes) is 2. The Bertz CT molecular complexity index is 912. The fraction of sp³-hybridized carbons (Fsp3) is 0.560. The summed E-state index contributed by atoms with van der Waals surface area (Å²) in [5.41, 5.74) is -0.359. The Kier molecular flexibility index (Phi) is 10.4. The number of carboxylic acid groups (broad SMARTS) is 1. The largest absolute Gasteiger partial charge is 0.493 e. The van der Waals surface area contributed by atoms with E-state index in [0.29, 0.717) is 50.0 Å². The molecule has 0 aliphatic heterocycles. The van der Waals surface area contributed by atoms with E-state index < -0.39 is 35.3 Å². The number of Topliss-reactive ketones (excluding diaryl/α,β-unsaturated/α-hetero) is 1. The first kappa shape index (κ1) is 27.7. The molecule has 9 heteroatoms. The number of benzene rings is 1. The summed E-state index contributed by atoms with van der Waals surface area (Å²) in [6.45, 7) is 1.26. The molecule has 3 atom stereocenters. The van der Waals surface area contributed by atoms with E-state index in [-0.39, 0.29) is 17.9 Å². The van der Waals surface area contributed by atoms with E-state index in [4.69, 9.17) is 30.9 Å². The highest BCUT2D eigenvalue weighted by Gasteiger charge is 2.53. The van der Waals surface area contributed by atoms with Gasteiger partial charge in [0.05, 0.1) is 31.3 Å². The SMILES string of the molecule is COc1ccc(CCCC2(OC(C)=O)C=C(Cl)C(=O)C2C(O)CCCCCC(=O)O)cc1OC. The second kappa shape index (κ2) is 12.8. The molecule has 34 heavy (non-hydrogen) atoms. The summed E-state index contributed by atoms with van der Waals surface area (Å²) in [6, 6.07) is 5.58. The van der Waals surface area contributed by atoms with Gasteiger partial charge in [-0.25, -0.2) is 0 Å². The van der Waals surface area contributed by atoms with Crippen LogP contribution in [0, 0.1) is 5.92 Å². The molecule has 1 aliphatic rings. The van der Waals surface area contributed by atoms with E-state index in [2.05, 4.69) is 0 Å². The predicted molar refractivity (Wildman–Crippen MR) is 126 cm³/mol. The number of carbonyl (C=O) groups is 3. The number of rotatable bonds is 14. The molecule has 188 valence electrons. The van der Waals surface area contributed by atoms with Crippen LogP contribution < -0.4 is 9.47 Å². The number of aryl methyl sites for hydroxylation is 1. The van der Waals surface area contributed by atoms with Gasteiger partial charge in [-0.05, 0) is 55.9 Å². The van der Waals surface area contributed by atoms with Crippen LogP contribution in [0.15, 0.2) is 29.3 Å². The number of ether oxygens (including phenoxy) is 3. The zero-order chi connectivity index (χ0) is 25.3. The van der Waals surface area contributed by atoms with Crippen molar-refractivity contribution in [2.75, 3.05) is 14.2 Å². The van der Waals surface area contributed by atoms with Crippen molar-refractivity contribution in [1.29, 1.82) is 0 Å². The molecular weight excluding hydrogens is 464 g/mol. The first-order valence-electron chi connectivity index (χ1n) is 11.4. The van der Waals surface area contributed by atoms with Crippen LogP contribution in [0.1, 0.15) is 57.4 Å². The molecular formula is C25H33ClO8. The number of halogens is 1. The maximum Gasteiger partial charge on any atom is 0.303 e. The van der Waals surface area contributed by atoms with Gasteiger partial charge in [-0.2, -0.15) is 0 Å². The average Bonchev–Trinajstić information content (AvgIpc) is 3.01. The van der Waals surface area contributed by atoms with E-state index in [1.54, 1.807) is 14.2 Å². The number of aliphatic hydroxyl groups excluding tert-OH is 1. The first-order chi connectivity index (χ1) is 16.1. The van der Waals surface area contributed by atoms with Crippen LogP contribution in [0.4, 0.5) is 0 Å². The van der Waals surface area contributed by atoms with E-state index >= 15 is 0 Å². The van der Waals surface area contributed by atoms with Gasteiger partial charge in [0.1, 0.15) is 5.60 Å². The fourth-order valence-electron chi connectivity index (χ4n) is 4.46. The monoisotopic (exact) mass is 496 g/mol. The normalized spacial score (nSPS) is 20.6. The Labute approximate surface area is 204 Å². The third kappa shape index (κ3) is 7.21. The minimum absolute atomic E-state index is 0.0534. The molecule has 0 aromatic heterocycles. The number of carbonyl (C=O) groups excluding carboxylic acids is 2. The van der Waals surface area contributed by atoms with Crippen molar-refractivity contribution in [1.82, 2.24) is 0 Å². The Morgan fingerprint density at radius 2 is 1.82 bits per heavy atom. The molecule has 1 aromatic carbocycles. The molecule has 1 aliphatic carbocycles. The molecule has 0 heterocycles. The third-order valence-corrected chi connectivity index (χ3v) is 6.30. The summed E-state index contributed by atoms with van der Waals surface area (Å²) in [7, 11) is 3.12. The van der Waals surface area contributed by atoms with Gasteiger partial charge in [0.15, 0.2) is 17.3 Å². The maximum atomic E-state index is 12.8. The first-order valence-corrected chi connectivity index (χ1v) is 11.7. The molecule has 2 N–H and O–H groups in total. The summed E-state index contributed by atoms with van der Waals surface area (Å²) in [5.74, 6) is -1.68. The number of methoxy groups -OCH3 is 2. The van der Waals surface area contributed by atoms with Crippen LogP contribution in [-0.4, -0.2) is 53.9 Å². The van der Waals surface area contributed by atoms with Crippen LogP contribution in [0.5, 0.6) is 11.5 Å². The van der Waals surface area contributed by atoms with Gasteiger partial charge < -0.3 is 24.4 Å². The Morgan fingerprint density at radius 3 is 2.44 bits per heavy atom. The topological polar surface area (TPSA) is 119 Å². The van der Waals surface area contributed by atoms with Crippen LogP contribution in [-0.2, 0) is 25.5 Å². The Balaban J connectivity index is 2.13. The molecule has 0 bridgehead atoms. The predicted octanol–water partition coefficient (Wildman–Crippen LogP) is 4.05. The van der Waals surface area contributed by atoms with Gasteiger partial charge in [-0.15, -0.1) is 0 Å². The van der Waals surface area contributed by atoms with E-state index in [1.165, 1.54) is 13.0 Å². The zero-order valence-corrected chi connectivity index (χ0v) is 20.6. The molecule has 0 radical (unpaired) electrons. The van der Waals surface area contributed by atoms with E-state index in [9.17, 15) is 19.5 Å². The lowest BCUT2D eigenvalue weighted by Crippen LogP contribution is -2.46. The van der Waals surface area contributed by atoms with Crippen molar-refractivity contribution in [3.8, 4) is 11.5 Å². The van der Waals surface area contributed by atoms with Crippen molar-refractivity contribution >= 4 is 29.3 Å². The van der Waals surface area contributed by atoms with Gasteiger partial charge in [0, 0.05) is 13.3 Å². The lowest BCUT2D eigenvalue weighted by molar-refractivity contribution is -0.163. The standard InChI is InChI=1S/C25H33ClO8/c1-16(27)34-25(13-7-8-17-11-12-20(32-2)21(14-17)33-3)15-18(26)24(31)23(25)19(28)9-5-4-6-10-22(29)30/h11-12,14-15,19,23,28H,4-10,13H2,1-3H3,(H,29,30). The number of hydrogen-bond acceptors (Lipinski definition) is 7. The summed E-state index contributed by atoms with van der Waals surface area (Å²) in [5, 5.41) is 19.6. The molecule has 0 fully saturated rings. The zero-order valence-electron chi connectivity index (χ0n) is 19.8. The minimum atomic E-state index is -1.34. The second-order valence-corrected chi connectivity index (χ2v) is 8.89. The number of hydrogen-bond donors (Lipinski definition) is 2. The second-order valence-electron chi connectivity index (χ2n) is 8.49. The van der Waals surface area contributed by atoms with E-state index in [1.807, 2.05) is 18.2 Å². The van der Waals surface area contributed by atoms with Gasteiger partial charge in [0.2, 0.25) is 0 Å². The number of ketones is 1. The quantitative estimate of drug-likeness (QED) is 0.292. The number of aliphatic carboxylic acids is 1. The molecule has 0 saturated heterocycles. The van der Waals surface area contributed by atoms with Crippen LogP contribution in [0.3, 0.4) is 0 Å². The lowest BCUT2D eigenvalue weighted by atomic mass is 9.79. The minimum Gasteiger partial charge on any atom is -0.493 e. The Hall–Kier alpha value is -2.58. The smallest absolute Gasteiger partial charge is 0.303 e. The molecule has 0 amide bonds. The summed E-state index contributed by atoms with van der Waals surface area (Å²) < 4.78 is 16.3. The Morgan fingerprint density at radius 1 is 1.12 bits per heavy atom. The van der Waals surface area contributed by atoms with Crippen LogP contribution in [0.25, 0.3) is 0 Å². The lowest BCUT2D eigenvalue weighted by Gasteiger charge is -2.35.